The predicted molar refractivity (Wildman–Crippen MR) is 60.6 cm³/mol. The molecule has 0 aromatic carbocycles. The Labute approximate surface area is 99.1 Å². The van der Waals surface area contributed by atoms with Crippen LogP contribution in [0.1, 0.15) is 66.8 Å². The molecule has 0 nitrogen and oxygen atoms in total. The fourth-order valence-electron chi connectivity index (χ4n) is 0. The first-order valence-electron chi connectivity index (χ1n) is 0. The van der Waals surface area contributed by atoms with Crippen LogP contribution in [0.4, 0.5) is 0 Å². The Hall–Kier alpha value is 1.10. The minimum Gasteiger partial charge on any atom is -0.0776 e. The molecule has 75 valence electrons. The molecule has 0 N–H and O–H groups in total. The Morgan fingerprint density at radius 1 is 0.200 bits per heavy atom. The van der Waals surface area contributed by atoms with E-state index < -0.39 is 0 Å². The van der Waals surface area contributed by atoms with Crippen LogP contribution < -0.4 is 0 Å². The molecule has 0 spiro atoms. The van der Waals surface area contributed by atoms with Crippen LogP contribution in [0.15, 0.2) is 0 Å². The molecule has 0 aromatic heterocycles. The van der Waals surface area contributed by atoms with Gasteiger partial charge in [0.2, 0.25) is 0 Å². The largest absolute Gasteiger partial charge is 0.0776 e. The average molecular weight is 233 g/mol. The Balaban J connectivity index is 0. The maximum atomic E-state index is 0. The van der Waals surface area contributed by atoms with Gasteiger partial charge in [0.1, 0.15) is 0 Å². The third-order valence-electron chi connectivity index (χ3n) is 0. The summed E-state index contributed by atoms with van der Waals surface area (Å²) < 4.78 is 0. The van der Waals surface area contributed by atoms with Gasteiger partial charge >= 0.3 is 0 Å². The fourth-order valence-corrected chi connectivity index (χ4v) is 0. The van der Waals surface area contributed by atoms with Gasteiger partial charge in [0.25, 0.3) is 0 Å². The standard InChI is InChI=1S/9CH4.Y/h9*1H4;. The van der Waals surface area contributed by atoms with Gasteiger partial charge in [0.05, 0.1) is 0 Å². The van der Waals surface area contributed by atoms with Crippen molar-refractivity contribution in [2.24, 2.45) is 0 Å². The summed E-state index contributed by atoms with van der Waals surface area (Å²) in [5.74, 6) is 0. The van der Waals surface area contributed by atoms with Gasteiger partial charge in [-0.25, -0.2) is 0 Å². The molecular formula is C9H36Y. The van der Waals surface area contributed by atoms with Crippen molar-refractivity contribution in [1.82, 2.24) is 0 Å². The van der Waals surface area contributed by atoms with Gasteiger partial charge in [-0.2, -0.15) is 0 Å². The maximum Gasteiger partial charge on any atom is 0 e. The zero-order valence-corrected chi connectivity index (χ0v) is 3.42. The van der Waals surface area contributed by atoms with E-state index >= 15 is 0 Å². The summed E-state index contributed by atoms with van der Waals surface area (Å²) in [7, 11) is 0. The molecule has 0 aliphatic rings. The van der Waals surface area contributed by atoms with E-state index in [4.69, 9.17) is 0 Å². The molecule has 0 saturated carbocycles. The minimum atomic E-state index is 0. The number of hydrogen-bond donors (Lipinski definition) is 0. The first-order chi connectivity index (χ1) is 0. The van der Waals surface area contributed by atoms with Gasteiger partial charge in [-0.15, -0.1) is 0 Å². The zero-order valence-electron chi connectivity index (χ0n) is 0.577. The van der Waals surface area contributed by atoms with E-state index in [1.807, 2.05) is 0 Å². The molecule has 10 heavy (non-hydrogen) atoms. The van der Waals surface area contributed by atoms with Crippen LogP contribution in [0.25, 0.3) is 0 Å². The second kappa shape index (κ2) is 687. The molecule has 0 amide bonds. The second-order valence-electron chi connectivity index (χ2n) is 0. The van der Waals surface area contributed by atoms with E-state index in [1.165, 1.54) is 0 Å². The summed E-state index contributed by atoms with van der Waals surface area (Å²) >= 11 is 0. The van der Waals surface area contributed by atoms with Crippen LogP contribution in [0.3, 0.4) is 0 Å². The molecule has 0 aliphatic carbocycles. The first-order valence-corrected chi connectivity index (χ1v) is 0. The van der Waals surface area contributed by atoms with Crippen LogP contribution in [0.5, 0.6) is 0 Å². The molecule has 0 aromatic rings. The van der Waals surface area contributed by atoms with Gasteiger partial charge < -0.3 is 0 Å². The van der Waals surface area contributed by atoms with E-state index in [0.29, 0.717) is 0 Å². The first kappa shape index (κ1) is 930. The monoisotopic (exact) mass is 233 g/mol. The fraction of sp³-hybridized carbons (Fsp3) is 1.00. The van der Waals surface area contributed by atoms with Gasteiger partial charge in [-0.1, -0.05) is 66.8 Å². The van der Waals surface area contributed by atoms with Crippen LogP contribution in [-0.4, -0.2) is 0 Å². The van der Waals surface area contributed by atoms with Crippen molar-refractivity contribution in [1.29, 1.82) is 0 Å². The third-order valence-corrected chi connectivity index (χ3v) is 0. The zero-order chi connectivity index (χ0) is 0. The van der Waals surface area contributed by atoms with Crippen molar-refractivity contribution >= 4 is 0 Å². The smallest absolute Gasteiger partial charge is 0 e. The Kier molecular flexibility index (Phi) is 63900. The summed E-state index contributed by atoms with van der Waals surface area (Å²) in [4.78, 5) is 0. The summed E-state index contributed by atoms with van der Waals surface area (Å²) in [5.41, 5.74) is 0. The van der Waals surface area contributed by atoms with Crippen LogP contribution in [0, 0.1) is 0 Å². The van der Waals surface area contributed by atoms with Crippen molar-refractivity contribution in [3.05, 3.63) is 0 Å². The van der Waals surface area contributed by atoms with E-state index in [2.05, 4.69) is 0 Å². The van der Waals surface area contributed by atoms with Gasteiger partial charge in [-0.3, -0.25) is 0 Å². The summed E-state index contributed by atoms with van der Waals surface area (Å²) in [5, 5.41) is 0. The predicted octanol–water partition coefficient (Wildman–Crippen LogP) is 5.72. The van der Waals surface area contributed by atoms with Crippen molar-refractivity contribution in [3.8, 4) is 0 Å². The van der Waals surface area contributed by atoms with Gasteiger partial charge in [0, 0.05) is 32.7 Å². The van der Waals surface area contributed by atoms with Crippen LogP contribution in [0.2, 0.25) is 0 Å². The third kappa shape index (κ3) is 491. The molecule has 0 unspecified atom stereocenters. The quantitative estimate of drug-likeness (QED) is 0.501. The number of hydrogen-bond acceptors (Lipinski definition) is 0. The van der Waals surface area contributed by atoms with E-state index in [0.717, 1.165) is 0 Å². The Morgan fingerprint density at radius 2 is 0.200 bits per heavy atom. The molecule has 0 rings (SSSR count). The average Bonchev–Trinajstić information content (AvgIpc) is 0. The molecule has 0 heterocycles. The molecule has 0 saturated heterocycles. The Bertz CT molecular complexity index is 4.69. The summed E-state index contributed by atoms with van der Waals surface area (Å²) in [6.07, 6.45) is 0. The minimum absolute atomic E-state index is 0. The summed E-state index contributed by atoms with van der Waals surface area (Å²) in [6, 6.07) is 0. The van der Waals surface area contributed by atoms with E-state index in [1.54, 1.807) is 0 Å². The van der Waals surface area contributed by atoms with Gasteiger partial charge in [0.15, 0.2) is 0 Å². The second-order valence-corrected chi connectivity index (χ2v) is 0. The molecule has 1 heteroatoms. The SMILES string of the molecule is C.C.C.C.C.C.C.C.C.[Y]. The van der Waals surface area contributed by atoms with Crippen molar-refractivity contribution in [2.75, 3.05) is 0 Å². The molecular weight excluding hydrogens is 197 g/mol. The number of rotatable bonds is 0. The van der Waals surface area contributed by atoms with Crippen molar-refractivity contribution in [3.63, 3.8) is 0 Å². The molecule has 0 aliphatic heterocycles. The maximum absolute atomic E-state index is 0. The molecule has 1 radical (unpaired) electrons. The molecule has 0 bridgehead atoms. The van der Waals surface area contributed by atoms with E-state index in [9.17, 15) is 0 Å². The van der Waals surface area contributed by atoms with E-state index in [-0.39, 0.29) is 99.5 Å². The van der Waals surface area contributed by atoms with Crippen molar-refractivity contribution < 1.29 is 32.7 Å². The van der Waals surface area contributed by atoms with Gasteiger partial charge in [-0.05, 0) is 0 Å². The molecule has 0 fully saturated rings. The molecule has 0 atom stereocenters. The van der Waals surface area contributed by atoms with Crippen LogP contribution in [-0.2, 0) is 32.7 Å². The topological polar surface area (TPSA) is 0 Å². The Morgan fingerprint density at radius 3 is 0.200 bits per heavy atom. The summed E-state index contributed by atoms with van der Waals surface area (Å²) in [6.45, 7) is 0. The normalized spacial score (nSPS) is 0. The van der Waals surface area contributed by atoms with Crippen molar-refractivity contribution in [2.45, 2.75) is 66.8 Å². The van der Waals surface area contributed by atoms with Crippen LogP contribution >= 0.6 is 0 Å².